The molecule has 2 fully saturated rings. The summed E-state index contributed by atoms with van der Waals surface area (Å²) < 4.78 is 0. The number of halogens is 1. The first-order valence-corrected chi connectivity index (χ1v) is 8.96. The molecule has 2 aliphatic heterocycles. The summed E-state index contributed by atoms with van der Waals surface area (Å²) in [6, 6.07) is 19.9. The Hall–Kier alpha value is -1.84. The normalized spacial score (nSPS) is 22.2. The van der Waals surface area contributed by atoms with Crippen LogP contribution in [-0.2, 0) is 11.2 Å². The molecule has 2 heterocycles. The van der Waals surface area contributed by atoms with Gasteiger partial charge in [0.05, 0.1) is 6.42 Å². The Labute approximate surface area is 155 Å². The predicted molar refractivity (Wildman–Crippen MR) is 104 cm³/mol. The van der Waals surface area contributed by atoms with Gasteiger partial charge in [0.25, 0.3) is 0 Å². The second kappa shape index (κ2) is 8.03. The van der Waals surface area contributed by atoms with Gasteiger partial charge >= 0.3 is 0 Å². The maximum atomic E-state index is 12.6. The Kier molecular flexibility index (Phi) is 5.77. The molecule has 3 nitrogen and oxygen atoms in total. The van der Waals surface area contributed by atoms with Crippen LogP contribution < -0.4 is 5.32 Å². The molecule has 2 saturated heterocycles. The van der Waals surface area contributed by atoms with E-state index in [-0.39, 0.29) is 18.3 Å². The summed E-state index contributed by atoms with van der Waals surface area (Å²) in [6.07, 6.45) is 4.08. The fourth-order valence-electron chi connectivity index (χ4n) is 3.90. The number of carbonyl (C=O) groups excluding carboxylic acids is 1. The standard InChI is InChI=1S/C21H24N2O.ClH/c24-21(23-13-12-19-10-11-20(15-23)22-19)14-16-6-8-18(9-7-16)17-4-2-1-3-5-17;/h1-9,19-20,22H,10-15H2;1H. The van der Waals surface area contributed by atoms with Gasteiger partial charge in [-0.25, -0.2) is 0 Å². The molecule has 0 aromatic heterocycles. The second-order valence-corrected chi connectivity index (χ2v) is 7.01. The average molecular weight is 357 g/mol. The monoisotopic (exact) mass is 356 g/mol. The molecule has 2 bridgehead atoms. The van der Waals surface area contributed by atoms with Crippen molar-refractivity contribution in [2.45, 2.75) is 37.8 Å². The summed E-state index contributed by atoms with van der Waals surface area (Å²) in [5.74, 6) is 0.261. The first-order valence-electron chi connectivity index (χ1n) is 8.96. The number of rotatable bonds is 3. The van der Waals surface area contributed by atoms with Gasteiger partial charge in [-0.15, -0.1) is 12.4 Å². The third-order valence-corrected chi connectivity index (χ3v) is 5.29. The first kappa shape index (κ1) is 18.0. The van der Waals surface area contributed by atoms with Gasteiger partial charge in [0.2, 0.25) is 5.91 Å². The van der Waals surface area contributed by atoms with Crippen LogP contribution >= 0.6 is 12.4 Å². The zero-order valence-corrected chi connectivity index (χ0v) is 15.2. The van der Waals surface area contributed by atoms with E-state index in [0.717, 1.165) is 25.1 Å². The molecule has 132 valence electrons. The van der Waals surface area contributed by atoms with Crippen LogP contribution in [0.4, 0.5) is 0 Å². The van der Waals surface area contributed by atoms with Crippen molar-refractivity contribution in [3.63, 3.8) is 0 Å². The minimum atomic E-state index is 0. The molecular formula is C21H25ClN2O. The van der Waals surface area contributed by atoms with Crippen LogP contribution in [0, 0.1) is 0 Å². The zero-order chi connectivity index (χ0) is 16.4. The van der Waals surface area contributed by atoms with Crippen LogP contribution in [0.25, 0.3) is 11.1 Å². The number of nitrogens with zero attached hydrogens (tertiary/aromatic N) is 1. The number of hydrogen-bond donors (Lipinski definition) is 1. The van der Waals surface area contributed by atoms with E-state index in [2.05, 4.69) is 46.6 Å². The molecule has 0 radical (unpaired) electrons. The number of fused-ring (bicyclic) bond motifs is 2. The molecular weight excluding hydrogens is 332 g/mol. The third-order valence-electron chi connectivity index (χ3n) is 5.29. The summed E-state index contributed by atoms with van der Waals surface area (Å²) in [6.45, 7) is 1.77. The number of hydrogen-bond acceptors (Lipinski definition) is 2. The van der Waals surface area contributed by atoms with Gasteiger partial charge in [-0.05, 0) is 36.0 Å². The smallest absolute Gasteiger partial charge is 0.227 e. The van der Waals surface area contributed by atoms with E-state index in [0.29, 0.717) is 18.5 Å². The highest BCUT2D eigenvalue weighted by Crippen LogP contribution is 2.22. The Morgan fingerprint density at radius 1 is 0.920 bits per heavy atom. The number of benzene rings is 2. The van der Waals surface area contributed by atoms with Crippen molar-refractivity contribution < 1.29 is 4.79 Å². The third kappa shape index (κ3) is 4.23. The Balaban J connectivity index is 0.00000182. The van der Waals surface area contributed by atoms with E-state index in [1.54, 1.807) is 0 Å². The van der Waals surface area contributed by atoms with Gasteiger partial charge in [-0.3, -0.25) is 4.79 Å². The van der Waals surface area contributed by atoms with Crippen molar-refractivity contribution in [1.29, 1.82) is 0 Å². The highest BCUT2D eigenvalue weighted by molar-refractivity contribution is 5.85. The molecule has 1 N–H and O–H groups in total. The van der Waals surface area contributed by atoms with E-state index in [4.69, 9.17) is 0 Å². The number of carbonyl (C=O) groups is 1. The van der Waals surface area contributed by atoms with E-state index in [9.17, 15) is 4.79 Å². The highest BCUT2D eigenvalue weighted by Gasteiger charge is 2.30. The summed E-state index contributed by atoms with van der Waals surface area (Å²) in [7, 11) is 0. The number of nitrogens with one attached hydrogen (secondary N) is 1. The topological polar surface area (TPSA) is 32.3 Å². The van der Waals surface area contributed by atoms with E-state index >= 15 is 0 Å². The van der Waals surface area contributed by atoms with Gasteiger partial charge in [0, 0.05) is 25.2 Å². The summed E-state index contributed by atoms with van der Waals surface area (Å²) in [4.78, 5) is 14.7. The van der Waals surface area contributed by atoms with Crippen LogP contribution in [0.1, 0.15) is 24.8 Å². The number of amides is 1. The fourth-order valence-corrected chi connectivity index (χ4v) is 3.90. The van der Waals surface area contributed by atoms with Crippen LogP contribution in [0.5, 0.6) is 0 Å². The van der Waals surface area contributed by atoms with Crippen molar-refractivity contribution in [3.05, 3.63) is 60.2 Å². The van der Waals surface area contributed by atoms with Crippen LogP contribution in [0.15, 0.2) is 54.6 Å². The first-order chi connectivity index (χ1) is 11.8. The molecule has 0 aliphatic carbocycles. The molecule has 1 amide bonds. The average Bonchev–Trinajstić information content (AvgIpc) is 2.95. The fraction of sp³-hybridized carbons (Fsp3) is 0.381. The molecule has 2 aromatic carbocycles. The molecule has 2 aliphatic rings. The Morgan fingerprint density at radius 2 is 1.60 bits per heavy atom. The second-order valence-electron chi connectivity index (χ2n) is 7.01. The molecule has 4 heteroatoms. The molecule has 4 rings (SSSR count). The lowest BCUT2D eigenvalue weighted by molar-refractivity contribution is -0.130. The summed E-state index contributed by atoms with van der Waals surface area (Å²) >= 11 is 0. The van der Waals surface area contributed by atoms with E-state index < -0.39 is 0 Å². The largest absolute Gasteiger partial charge is 0.341 e. The van der Waals surface area contributed by atoms with Gasteiger partial charge in [0.15, 0.2) is 0 Å². The van der Waals surface area contributed by atoms with Gasteiger partial charge in [0.1, 0.15) is 0 Å². The SMILES string of the molecule is Cl.O=C(Cc1ccc(-c2ccccc2)cc1)N1CCC2CCC(C1)N2. The lowest BCUT2D eigenvalue weighted by Crippen LogP contribution is -2.39. The zero-order valence-electron chi connectivity index (χ0n) is 14.4. The van der Waals surface area contributed by atoms with Crippen LogP contribution in [0.2, 0.25) is 0 Å². The summed E-state index contributed by atoms with van der Waals surface area (Å²) in [5.41, 5.74) is 3.51. The lowest BCUT2D eigenvalue weighted by Gasteiger charge is -2.24. The quantitative estimate of drug-likeness (QED) is 0.910. The summed E-state index contributed by atoms with van der Waals surface area (Å²) in [5, 5.41) is 3.63. The molecule has 2 atom stereocenters. The van der Waals surface area contributed by atoms with E-state index in [1.165, 1.54) is 24.0 Å². The number of likely N-dealkylation sites (tertiary alicyclic amines) is 1. The van der Waals surface area contributed by atoms with Gasteiger partial charge in [-0.1, -0.05) is 54.6 Å². The molecule has 25 heavy (non-hydrogen) atoms. The maximum Gasteiger partial charge on any atom is 0.227 e. The Morgan fingerprint density at radius 3 is 2.36 bits per heavy atom. The molecule has 2 aromatic rings. The van der Waals surface area contributed by atoms with Crippen molar-refractivity contribution in [1.82, 2.24) is 10.2 Å². The van der Waals surface area contributed by atoms with Crippen molar-refractivity contribution >= 4 is 18.3 Å². The van der Waals surface area contributed by atoms with Gasteiger partial charge in [-0.2, -0.15) is 0 Å². The van der Waals surface area contributed by atoms with Crippen molar-refractivity contribution in [3.8, 4) is 11.1 Å². The predicted octanol–water partition coefficient (Wildman–Crippen LogP) is 3.67. The Bertz CT molecular complexity index is 702. The lowest BCUT2D eigenvalue weighted by atomic mass is 10.0. The minimum absolute atomic E-state index is 0. The highest BCUT2D eigenvalue weighted by atomic mass is 35.5. The molecule has 0 spiro atoms. The molecule has 2 unspecified atom stereocenters. The van der Waals surface area contributed by atoms with Crippen LogP contribution in [0.3, 0.4) is 0 Å². The van der Waals surface area contributed by atoms with Crippen LogP contribution in [-0.4, -0.2) is 36.0 Å². The van der Waals surface area contributed by atoms with E-state index in [1.807, 2.05) is 18.2 Å². The maximum absolute atomic E-state index is 12.6. The van der Waals surface area contributed by atoms with Crippen molar-refractivity contribution in [2.75, 3.05) is 13.1 Å². The minimum Gasteiger partial charge on any atom is -0.341 e. The van der Waals surface area contributed by atoms with Gasteiger partial charge < -0.3 is 10.2 Å². The molecule has 0 saturated carbocycles. The van der Waals surface area contributed by atoms with Crippen molar-refractivity contribution in [2.24, 2.45) is 0 Å².